The van der Waals surface area contributed by atoms with Gasteiger partial charge in [0.1, 0.15) is 5.69 Å². The van der Waals surface area contributed by atoms with Gasteiger partial charge < -0.3 is 5.73 Å². The highest BCUT2D eigenvalue weighted by molar-refractivity contribution is 6.07. The summed E-state index contributed by atoms with van der Waals surface area (Å²) in [7, 11) is 0. The molecule has 0 amide bonds. The molecule has 86 valence electrons. The monoisotopic (exact) mass is 226 g/mol. The number of anilines is 1. The second kappa shape index (κ2) is 4.78. The van der Waals surface area contributed by atoms with Gasteiger partial charge in [-0.1, -0.05) is 31.2 Å². The van der Waals surface area contributed by atoms with Gasteiger partial charge in [-0.25, -0.2) is 0 Å². The molecule has 3 heteroatoms. The molecule has 0 saturated heterocycles. The summed E-state index contributed by atoms with van der Waals surface area (Å²) in [5.41, 5.74) is 8.37. The van der Waals surface area contributed by atoms with Crippen LogP contribution in [0.4, 0.5) is 5.69 Å². The number of aryl methyl sites for hydroxylation is 1. The molecule has 0 aliphatic heterocycles. The molecule has 1 heterocycles. The molecule has 1 aromatic heterocycles. The van der Waals surface area contributed by atoms with Crippen molar-refractivity contribution in [1.29, 1.82) is 0 Å². The van der Waals surface area contributed by atoms with Gasteiger partial charge >= 0.3 is 0 Å². The normalized spacial score (nSPS) is 10.2. The maximum absolute atomic E-state index is 12.1. The molecule has 0 saturated carbocycles. The first-order valence-electron chi connectivity index (χ1n) is 5.56. The van der Waals surface area contributed by atoms with E-state index in [0.29, 0.717) is 16.9 Å². The molecule has 0 fully saturated rings. The lowest BCUT2D eigenvalue weighted by atomic mass is 10.0. The maximum atomic E-state index is 12.1. The zero-order valence-electron chi connectivity index (χ0n) is 9.68. The Kier molecular flexibility index (Phi) is 3.19. The largest absolute Gasteiger partial charge is 0.397 e. The van der Waals surface area contributed by atoms with Crippen LogP contribution in [0.15, 0.2) is 42.6 Å². The van der Waals surface area contributed by atoms with E-state index in [1.807, 2.05) is 24.3 Å². The first-order chi connectivity index (χ1) is 8.20. The third-order valence-corrected chi connectivity index (χ3v) is 2.64. The van der Waals surface area contributed by atoms with Gasteiger partial charge in [-0.2, -0.15) is 0 Å². The summed E-state index contributed by atoms with van der Waals surface area (Å²) >= 11 is 0. The Morgan fingerprint density at radius 1 is 1.18 bits per heavy atom. The van der Waals surface area contributed by atoms with Gasteiger partial charge in [0.05, 0.1) is 11.9 Å². The Morgan fingerprint density at radius 3 is 2.41 bits per heavy atom. The van der Waals surface area contributed by atoms with E-state index < -0.39 is 0 Å². The van der Waals surface area contributed by atoms with Crippen molar-refractivity contribution in [3.05, 3.63) is 59.4 Å². The van der Waals surface area contributed by atoms with Gasteiger partial charge in [-0.15, -0.1) is 0 Å². The van der Waals surface area contributed by atoms with Crippen molar-refractivity contribution < 1.29 is 4.79 Å². The number of rotatable bonds is 3. The number of hydrogen-bond acceptors (Lipinski definition) is 3. The molecular weight excluding hydrogens is 212 g/mol. The van der Waals surface area contributed by atoms with Crippen molar-refractivity contribution >= 4 is 11.5 Å². The van der Waals surface area contributed by atoms with Crippen LogP contribution < -0.4 is 5.73 Å². The second-order valence-electron chi connectivity index (χ2n) is 3.86. The van der Waals surface area contributed by atoms with Gasteiger partial charge in [0, 0.05) is 5.56 Å². The topological polar surface area (TPSA) is 56.0 Å². The molecule has 17 heavy (non-hydrogen) atoms. The predicted molar refractivity (Wildman–Crippen MR) is 67.9 cm³/mol. The van der Waals surface area contributed by atoms with Crippen molar-refractivity contribution in [2.75, 3.05) is 5.73 Å². The van der Waals surface area contributed by atoms with Crippen molar-refractivity contribution in [3.8, 4) is 0 Å². The van der Waals surface area contributed by atoms with Crippen molar-refractivity contribution in [1.82, 2.24) is 4.98 Å². The number of nitrogens with zero attached hydrogens (tertiary/aromatic N) is 1. The van der Waals surface area contributed by atoms with E-state index in [1.54, 1.807) is 12.1 Å². The molecule has 2 rings (SSSR count). The molecule has 3 nitrogen and oxygen atoms in total. The van der Waals surface area contributed by atoms with E-state index in [4.69, 9.17) is 5.73 Å². The van der Waals surface area contributed by atoms with Gasteiger partial charge in [0.2, 0.25) is 5.78 Å². The van der Waals surface area contributed by atoms with E-state index in [1.165, 1.54) is 11.8 Å². The lowest BCUT2D eigenvalue weighted by Gasteiger charge is -2.02. The highest BCUT2D eigenvalue weighted by Crippen LogP contribution is 2.11. The number of carbonyl (C=O) groups is 1. The summed E-state index contributed by atoms with van der Waals surface area (Å²) in [5.74, 6) is -0.0762. The molecule has 0 aliphatic rings. The van der Waals surface area contributed by atoms with Gasteiger partial charge in [-0.3, -0.25) is 9.78 Å². The molecule has 0 bridgehead atoms. The van der Waals surface area contributed by atoms with Crippen LogP contribution in [0.2, 0.25) is 0 Å². The lowest BCUT2D eigenvalue weighted by molar-refractivity contribution is 0.103. The Labute approximate surface area is 100 Å². The van der Waals surface area contributed by atoms with Crippen LogP contribution in [-0.2, 0) is 6.42 Å². The maximum Gasteiger partial charge on any atom is 0.211 e. The molecular formula is C14H14N2O. The van der Waals surface area contributed by atoms with Gasteiger partial charge in [-0.05, 0) is 24.1 Å². The highest BCUT2D eigenvalue weighted by Gasteiger charge is 2.09. The van der Waals surface area contributed by atoms with Crippen molar-refractivity contribution in [3.63, 3.8) is 0 Å². The number of hydrogen-bond donors (Lipinski definition) is 1. The third kappa shape index (κ3) is 2.50. The number of nitrogen functional groups attached to an aromatic ring is 1. The molecule has 0 unspecified atom stereocenters. The summed E-state index contributed by atoms with van der Waals surface area (Å²) in [6.45, 7) is 2.08. The standard InChI is InChI=1S/C14H14N2O/c1-2-10-3-5-11(6-4-10)14(17)13-8-7-12(15)9-16-13/h3-9H,2,15H2,1H3. The highest BCUT2D eigenvalue weighted by atomic mass is 16.1. The summed E-state index contributed by atoms with van der Waals surface area (Å²) in [5, 5.41) is 0. The molecule has 0 atom stereocenters. The molecule has 0 aliphatic carbocycles. The van der Waals surface area contributed by atoms with E-state index in [0.717, 1.165) is 6.42 Å². The van der Waals surface area contributed by atoms with Crippen LogP contribution in [0.5, 0.6) is 0 Å². The average Bonchev–Trinajstić information content (AvgIpc) is 2.39. The summed E-state index contributed by atoms with van der Waals surface area (Å²) < 4.78 is 0. The van der Waals surface area contributed by atoms with Crippen LogP contribution in [0, 0.1) is 0 Å². The first-order valence-corrected chi connectivity index (χ1v) is 5.56. The number of carbonyl (C=O) groups excluding carboxylic acids is 1. The molecule has 1 aromatic carbocycles. The fourth-order valence-corrected chi connectivity index (χ4v) is 1.58. The van der Waals surface area contributed by atoms with E-state index >= 15 is 0 Å². The van der Waals surface area contributed by atoms with Crippen LogP contribution in [0.3, 0.4) is 0 Å². The molecule has 0 radical (unpaired) electrons. The molecule has 0 spiro atoms. The Hall–Kier alpha value is -2.16. The fraction of sp³-hybridized carbons (Fsp3) is 0.143. The SMILES string of the molecule is CCc1ccc(C(=O)c2ccc(N)cn2)cc1. The van der Waals surface area contributed by atoms with E-state index in [-0.39, 0.29) is 5.78 Å². The minimum absolute atomic E-state index is 0.0762. The minimum atomic E-state index is -0.0762. The zero-order valence-corrected chi connectivity index (χ0v) is 9.68. The van der Waals surface area contributed by atoms with E-state index in [2.05, 4.69) is 11.9 Å². The predicted octanol–water partition coefficient (Wildman–Crippen LogP) is 2.46. The molecule has 2 aromatic rings. The van der Waals surface area contributed by atoms with E-state index in [9.17, 15) is 4.79 Å². The first kappa shape index (κ1) is 11.3. The number of ketones is 1. The molecule has 2 N–H and O–H groups in total. The Balaban J connectivity index is 2.27. The van der Waals surface area contributed by atoms with Gasteiger partial charge in [0.15, 0.2) is 0 Å². The smallest absolute Gasteiger partial charge is 0.211 e. The summed E-state index contributed by atoms with van der Waals surface area (Å²) in [6.07, 6.45) is 2.46. The van der Waals surface area contributed by atoms with Crippen LogP contribution in [0.1, 0.15) is 28.5 Å². The van der Waals surface area contributed by atoms with Crippen LogP contribution >= 0.6 is 0 Å². The summed E-state index contributed by atoms with van der Waals surface area (Å²) in [4.78, 5) is 16.1. The fourth-order valence-electron chi connectivity index (χ4n) is 1.58. The quantitative estimate of drug-likeness (QED) is 0.818. The van der Waals surface area contributed by atoms with Crippen LogP contribution in [0.25, 0.3) is 0 Å². The lowest BCUT2D eigenvalue weighted by Crippen LogP contribution is -2.04. The second-order valence-corrected chi connectivity index (χ2v) is 3.86. The minimum Gasteiger partial charge on any atom is -0.397 e. The number of benzene rings is 1. The number of aromatic nitrogens is 1. The van der Waals surface area contributed by atoms with Crippen LogP contribution in [-0.4, -0.2) is 10.8 Å². The average molecular weight is 226 g/mol. The Bertz CT molecular complexity index is 515. The summed E-state index contributed by atoms with van der Waals surface area (Å²) in [6, 6.07) is 10.9. The van der Waals surface area contributed by atoms with Crippen molar-refractivity contribution in [2.45, 2.75) is 13.3 Å². The van der Waals surface area contributed by atoms with Crippen molar-refractivity contribution in [2.24, 2.45) is 0 Å². The number of nitrogens with two attached hydrogens (primary N) is 1. The Morgan fingerprint density at radius 2 is 1.88 bits per heavy atom. The zero-order chi connectivity index (χ0) is 12.3. The van der Waals surface area contributed by atoms with Gasteiger partial charge in [0.25, 0.3) is 0 Å². The third-order valence-electron chi connectivity index (χ3n) is 2.64. The number of pyridine rings is 1.